The van der Waals surface area contributed by atoms with Crippen LogP contribution in [0.1, 0.15) is 6.92 Å². The third-order valence-electron chi connectivity index (χ3n) is 3.07. The Hall–Kier alpha value is -0.100. The number of halogens is 2. The van der Waals surface area contributed by atoms with Crippen LogP contribution in [0, 0.1) is 0 Å². The number of urea groups is 1. The number of amides is 3. The summed E-state index contributed by atoms with van der Waals surface area (Å²) in [6.45, 7) is 2.35. The van der Waals surface area contributed by atoms with Crippen molar-refractivity contribution < 1.29 is 55.6 Å². The molecule has 8 heteroatoms. The van der Waals surface area contributed by atoms with Gasteiger partial charge in [0.25, 0.3) is 0 Å². The summed E-state index contributed by atoms with van der Waals surface area (Å²) in [7, 11) is 0. The molecule has 2 fully saturated rings. The number of nitrogens with zero attached hydrogens (tertiary/aromatic N) is 2. The summed E-state index contributed by atoms with van der Waals surface area (Å²) in [5.74, 6) is -0.472. The van der Waals surface area contributed by atoms with Gasteiger partial charge in [-0.2, -0.15) is 0 Å². The van der Waals surface area contributed by atoms with Crippen molar-refractivity contribution in [1.82, 2.24) is 9.96 Å². The van der Waals surface area contributed by atoms with Gasteiger partial charge in [0.1, 0.15) is 0 Å². The molecular formula is C10H13I2N3O3-2. The van der Waals surface area contributed by atoms with Crippen LogP contribution in [0.2, 0.25) is 0 Å². The summed E-state index contributed by atoms with van der Waals surface area (Å²) >= 11 is 0.0251. The topological polar surface area (TPSA) is 75.9 Å². The predicted molar refractivity (Wildman–Crippen MR) is 54.2 cm³/mol. The third-order valence-corrected chi connectivity index (χ3v) is 11.6. The zero-order valence-electron chi connectivity index (χ0n) is 9.68. The van der Waals surface area contributed by atoms with E-state index in [1.165, 1.54) is 14.4 Å². The van der Waals surface area contributed by atoms with Crippen molar-refractivity contribution >= 4 is 11.9 Å². The van der Waals surface area contributed by atoms with Crippen LogP contribution in [0.15, 0.2) is 11.6 Å². The number of alkyl halides is 3. The van der Waals surface area contributed by atoms with Gasteiger partial charge >= 0.3 is 127 Å². The molecule has 2 bridgehead atoms. The standard InChI is InChI=1S/C10H13I2N3O3/c1-5-2-6-4-14(8(5)9(13)16)10(17)15(6)18-12-7-3-11-7/h2,6-8H,3-4H2,1H3,(H2,13,16)/q-2. The normalized spacial score (nSPS) is 34.4. The second-order valence-corrected chi connectivity index (χ2v) is 12.5. The molecule has 3 aliphatic heterocycles. The number of carbonyl (C=O) groups is 2. The van der Waals surface area contributed by atoms with Gasteiger partial charge in [-0.25, -0.2) is 0 Å². The molecular weight excluding hydrogens is 464 g/mol. The number of hydroxylamine groups is 2. The average Bonchev–Trinajstić information content (AvgIpc) is 3.08. The van der Waals surface area contributed by atoms with Gasteiger partial charge in [-0.05, 0) is 0 Å². The van der Waals surface area contributed by atoms with Gasteiger partial charge in [-0.3, -0.25) is 0 Å². The number of nitrogens with two attached hydrogens (primary N) is 1. The maximum absolute atomic E-state index is 12.2. The molecule has 0 aromatic rings. The van der Waals surface area contributed by atoms with Gasteiger partial charge < -0.3 is 0 Å². The van der Waals surface area contributed by atoms with E-state index in [2.05, 4.69) is 0 Å². The molecule has 0 spiro atoms. The summed E-state index contributed by atoms with van der Waals surface area (Å²) in [4.78, 5) is 25.1. The van der Waals surface area contributed by atoms with Crippen molar-refractivity contribution in [2.45, 2.75) is 20.9 Å². The van der Waals surface area contributed by atoms with E-state index in [0.29, 0.717) is 27.7 Å². The van der Waals surface area contributed by atoms with E-state index in [1.807, 2.05) is 13.0 Å². The van der Waals surface area contributed by atoms with Crippen LogP contribution >= 0.6 is 0 Å². The second-order valence-electron chi connectivity index (χ2n) is 4.40. The molecule has 2 saturated heterocycles. The molecule has 0 aliphatic carbocycles. The monoisotopic (exact) mass is 477 g/mol. The molecule has 2 N–H and O–H groups in total. The first-order chi connectivity index (χ1) is 8.58. The molecule has 3 rings (SSSR count). The first-order valence-corrected chi connectivity index (χ1v) is 10.4. The van der Waals surface area contributed by atoms with E-state index in [-0.39, 0.29) is 33.7 Å². The molecule has 0 radical (unpaired) electrons. The Kier molecular flexibility index (Phi) is 3.43. The van der Waals surface area contributed by atoms with Gasteiger partial charge in [0.15, 0.2) is 0 Å². The molecule has 3 unspecified atom stereocenters. The molecule has 3 aliphatic rings. The van der Waals surface area contributed by atoms with Gasteiger partial charge in [-0.15, -0.1) is 0 Å². The summed E-state index contributed by atoms with van der Waals surface area (Å²) in [5.41, 5.74) is 6.20. The number of rotatable bonds is 4. The summed E-state index contributed by atoms with van der Waals surface area (Å²) in [6.07, 6.45) is 1.93. The van der Waals surface area contributed by atoms with Crippen molar-refractivity contribution in [2.24, 2.45) is 5.73 Å². The minimum atomic E-state index is -0.603. The van der Waals surface area contributed by atoms with E-state index in [1.54, 1.807) is 0 Å². The van der Waals surface area contributed by atoms with E-state index >= 15 is 0 Å². The Morgan fingerprint density at radius 1 is 1.67 bits per heavy atom. The number of hydrogen-bond acceptors (Lipinski definition) is 3. The molecule has 3 atom stereocenters. The Morgan fingerprint density at radius 2 is 2.39 bits per heavy atom. The molecule has 18 heavy (non-hydrogen) atoms. The van der Waals surface area contributed by atoms with Gasteiger partial charge in [-0.1, -0.05) is 0 Å². The van der Waals surface area contributed by atoms with Crippen molar-refractivity contribution in [2.75, 3.05) is 11.0 Å². The first-order valence-electron chi connectivity index (χ1n) is 5.53. The fourth-order valence-corrected chi connectivity index (χ4v) is 7.33. The molecule has 6 nitrogen and oxygen atoms in total. The van der Waals surface area contributed by atoms with E-state index < -0.39 is 11.9 Å². The van der Waals surface area contributed by atoms with Crippen molar-refractivity contribution in [3.05, 3.63) is 11.6 Å². The molecule has 3 amide bonds. The van der Waals surface area contributed by atoms with Gasteiger partial charge in [0.2, 0.25) is 0 Å². The second kappa shape index (κ2) is 4.78. The van der Waals surface area contributed by atoms with Crippen LogP contribution in [0.4, 0.5) is 4.79 Å². The van der Waals surface area contributed by atoms with Crippen LogP contribution in [0.5, 0.6) is 0 Å². The summed E-state index contributed by atoms with van der Waals surface area (Å²) in [5, 5.41) is 1.46. The molecule has 0 aromatic carbocycles. The Balaban J connectivity index is 1.77. The van der Waals surface area contributed by atoms with Crippen LogP contribution in [0.3, 0.4) is 0 Å². The van der Waals surface area contributed by atoms with Gasteiger partial charge in [0.05, 0.1) is 0 Å². The van der Waals surface area contributed by atoms with E-state index in [4.69, 9.17) is 8.90 Å². The molecule has 3 heterocycles. The predicted octanol–water partition coefficient (Wildman–Crippen LogP) is -6.73. The Labute approximate surface area is 126 Å². The summed E-state index contributed by atoms with van der Waals surface area (Å²) in [6, 6.07) is -0.867. The number of hydrogen-bond donors (Lipinski definition) is 1. The van der Waals surface area contributed by atoms with Crippen molar-refractivity contribution in [3.63, 3.8) is 0 Å². The first kappa shape index (κ1) is 12.9. The maximum atomic E-state index is 12.2. The quantitative estimate of drug-likeness (QED) is 0.249. The zero-order valence-corrected chi connectivity index (χ0v) is 14.0. The zero-order chi connectivity index (χ0) is 12.9. The molecule has 102 valence electrons. The Morgan fingerprint density at radius 3 is 3.00 bits per heavy atom. The average molecular weight is 477 g/mol. The Bertz CT molecular complexity index is 438. The minimum absolute atomic E-state index is 0.0512. The summed E-state index contributed by atoms with van der Waals surface area (Å²) < 4.78 is 7.86. The molecule has 0 saturated carbocycles. The third kappa shape index (κ3) is 2.22. The van der Waals surface area contributed by atoms with Crippen molar-refractivity contribution in [3.8, 4) is 0 Å². The van der Waals surface area contributed by atoms with Crippen LogP contribution in [0.25, 0.3) is 0 Å². The van der Waals surface area contributed by atoms with E-state index in [9.17, 15) is 9.59 Å². The van der Waals surface area contributed by atoms with Crippen LogP contribution in [-0.4, -0.2) is 46.9 Å². The van der Waals surface area contributed by atoms with Crippen LogP contribution < -0.4 is 48.6 Å². The van der Waals surface area contributed by atoms with E-state index in [0.717, 1.165) is 7.50 Å². The molecule has 0 aromatic heterocycles. The van der Waals surface area contributed by atoms with Crippen molar-refractivity contribution in [1.29, 1.82) is 0 Å². The fraction of sp³-hybridized carbons (Fsp3) is 0.600. The number of fused-ring (bicyclic) bond motifs is 2. The fourth-order valence-electron chi connectivity index (χ4n) is 2.23. The van der Waals surface area contributed by atoms with Crippen LogP contribution in [-0.2, 0) is 7.96 Å². The van der Waals surface area contributed by atoms with Gasteiger partial charge in [0, 0.05) is 0 Å². The number of carbonyl (C=O) groups excluding carboxylic acids is 2. The SMILES string of the molecule is CC1=CC2CN(C(=O)N2O[I-]C2C[I-]2)C1C(N)=O. The number of primary amides is 1.